The third kappa shape index (κ3) is 3.08. The highest BCUT2D eigenvalue weighted by Gasteiger charge is 2.09. The molecule has 0 aliphatic rings. The van der Waals surface area contributed by atoms with E-state index in [0.717, 1.165) is 9.50 Å². The molecule has 0 unspecified atom stereocenters. The highest BCUT2D eigenvalue weighted by atomic mass is 79.9. The average molecular weight is 450 g/mol. The molecule has 3 heteroatoms. The predicted molar refractivity (Wildman–Crippen MR) is 123 cm³/mol. The van der Waals surface area contributed by atoms with E-state index >= 15 is 0 Å². The molecular formula is C24H14BrClS. The Bertz CT molecular complexity index is 1270. The summed E-state index contributed by atoms with van der Waals surface area (Å²) in [6.45, 7) is 0. The van der Waals surface area contributed by atoms with Gasteiger partial charge >= 0.3 is 0 Å². The summed E-state index contributed by atoms with van der Waals surface area (Å²) in [5.41, 5.74) is 4.83. The standard InChI is InChI=1S/C24H14BrClS/c25-21-2-1-3-23-24(21)20-14-18(10-13-22(20)27-23)17-6-4-15(5-7-17)16-8-11-19(26)12-9-16/h1-14H. The zero-order valence-corrected chi connectivity index (χ0v) is 17.4. The molecule has 0 saturated carbocycles. The third-order valence-corrected chi connectivity index (χ3v) is 6.89. The maximum atomic E-state index is 5.99. The second-order valence-corrected chi connectivity index (χ2v) is 8.88. The van der Waals surface area contributed by atoms with Gasteiger partial charge in [0.15, 0.2) is 0 Å². The largest absolute Gasteiger partial charge is 0.135 e. The minimum Gasteiger partial charge on any atom is -0.135 e. The SMILES string of the molecule is Clc1ccc(-c2ccc(-c3ccc4sc5cccc(Br)c5c4c3)cc2)cc1. The number of thiophene rings is 1. The Morgan fingerprint density at radius 1 is 0.630 bits per heavy atom. The summed E-state index contributed by atoms with van der Waals surface area (Å²) in [4.78, 5) is 0. The average Bonchev–Trinajstić information content (AvgIpc) is 3.08. The van der Waals surface area contributed by atoms with E-state index in [1.165, 1.54) is 42.4 Å². The number of halogens is 2. The van der Waals surface area contributed by atoms with Gasteiger partial charge < -0.3 is 0 Å². The molecule has 0 spiro atoms. The summed E-state index contributed by atoms with van der Waals surface area (Å²) < 4.78 is 3.79. The van der Waals surface area contributed by atoms with Crippen LogP contribution < -0.4 is 0 Å². The predicted octanol–water partition coefficient (Wildman–Crippen LogP) is 8.80. The van der Waals surface area contributed by atoms with Gasteiger partial charge in [0.25, 0.3) is 0 Å². The fourth-order valence-electron chi connectivity index (χ4n) is 3.46. The number of hydrogen-bond acceptors (Lipinski definition) is 1. The van der Waals surface area contributed by atoms with Crippen LogP contribution in [0.25, 0.3) is 42.4 Å². The third-order valence-electron chi connectivity index (χ3n) is 4.84. The van der Waals surface area contributed by atoms with Crippen molar-refractivity contribution >= 4 is 59.0 Å². The van der Waals surface area contributed by atoms with Crippen LogP contribution in [0.15, 0.2) is 89.4 Å². The Balaban J connectivity index is 1.58. The van der Waals surface area contributed by atoms with Crippen molar-refractivity contribution in [2.45, 2.75) is 0 Å². The van der Waals surface area contributed by atoms with Crippen LogP contribution in [0.3, 0.4) is 0 Å². The maximum absolute atomic E-state index is 5.99. The fraction of sp³-hybridized carbons (Fsp3) is 0. The summed E-state index contributed by atoms with van der Waals surface area (Å²) in [7, 11) is 0. The molecule has 5 aromatic rings. The molecule has 0 fully saturated rings. The Morgan fingerprint density at radius 3 is 1.93 bits per heavy atom. The van der Waals surface area contributed by atoms with Crippen LogP contribution in [0.1, 0.15) is 0 Å². The van der Waals surface area contributed by atoms with Gasteiger partial charge in [0, 0.05) is 29.7 Å². The number of hydrogen-bond donors (Lipinski definition) is 0. The molecule has 0 nitrogen and oxygen atoms in total. The number of benzene rings is 4. The molecule has 5 rings (SSSR count). The van der Waals surface area contributed by atoms with Crippen molar-refractivity contribution < 1.29 is 0 Å². The lowest BCUT2D eigenvalue weighted by molar-refractivity contribution is 1.60. The van der Waals surface area contributed by atoms with Gasteiger partial charge in [-0.25, -0.2) is 0 Å². The summed E-state index contributed by atoms with van der Waals surface area (Å²) in [5.74, 6) is 0. The van der Waals surface area contributed by atoms with Crippen LogP contribution in [0.5, 0.6) is 0 Å². The van der Waals surface area contributed by atoms with Gasteiger partial charge in [0.05, 0.1) is 0 Å². The molecular weight excluding hydrogens is 436 g/mol. The molecule has 0 saturated heterocycles. The molecule has 0 amide bonds. The summed E-state index contributed by atoms with van der Waals surface area (Å²) in [6, 6.07) is 29.8. The second kappa shape index (κ2) is 6.79. The minimum atomic E-state index is 0.762. The van der Waals surface area contributed by atoms with Crippen molar-refractivity contribution in [1.29, 1.82) is 0 Å². The van der Waals surface area contributed by atoms with E-state index in [4.69, 9.17) is 11.6 Å². The van der Waals surface area contributed by atoms with Crippen molar-refractivity contribution in [3.05, 3.63) is 94.4 Å². The number of rotatable bonds is 2. The normalized spacial score (nSPS) is 11.3. The van der Waals surface area contributed by atoms with Crippen molar-refractivity contribution in [2.75, 3.05) is 0 Å². The second-order valence-electron chi connectivity index (χ2n) is 6.51. The van der Waals surface area contributed by atoms with E-state index < -0.39 is 0 Å². The molecule has 0 radical (unpaired) electrons. The monoisotopic (exact) mass is 448 g/mol. The Hall–Kier alpha value is -2.13. The van der Waals surface area contributed by atoms with E-state index in [1.54, 1.807) is 0 Å². The van der Waals surface area contributed by atoms with E-state index in [1.807, 2.05) is 23.5 Å². The Morgan fingerprint density at radius 2 is 1.22 bits per heavy atom. The first-order valence-electron chi connectivity index (χ1n) is 8.66. The molecule has 1 heterocycles. The highest BCUT2D eigenvalue weighted by Crippen LogP contribution is 2.40. The van der Waals surface area contributed by atoms with Crippen LogP contribution in [0.2, 0.25) is 5.02 Å². The summed E-state index contributed by atoms with van der Waals surface area (Å²) in [5, 5.41) is 3.37. The lowest BCUT2D eigenvalue weighted by atomic mass is 9.99. The van der Waals surface area contributed by atoms with Crippen LogP contribution >= 0.6 is 38.9 Å². The topological polar surface area (TPSA) is 0 Å². The van der Waals surface area contributed by atoms with Gasteiger partial charge in [-0.15, -0.1) is 11.3 Å². The summed E-state index contributed by atoms with van der Waals surface area (Å²) in [6.07, 6.45) is 0. The quantitative estimate of drug-likeness (QED) is 0.252. The van der Waals surface area contributed by atoms with E-state index in [0.29, 0.717) is 0 Å². The van der Waals surface area contributed by atoms with Gasteiger partial charge in [-0.1, -0.05) is 76.1 Å². The van der Waals surface area contributed by atoms with Crippen molar-refractivity contribution in [2.24, 2.45) is 0 Å². The molecule has 0 N–H and O–H groups in total. The lowest BCUT2D eigenvalue weighted by Gasteiger charge is -2.06. The van der Waals surface area contributed by atoms with E-state index in [9.17, 15) is 0 Å². The molecule has 0 bridgehead atoms. The van der Waals surface area contributed by atoms with Crippen molar-refractivity contribution in [3.8, 4) is 22.3 Å². The molecule has 0 atom stereocenters. The molecule has 130 valence electrons. The van der Waals surface area contributed by atoms with Gasteiger partial charge in [-0.3, -0.25) is 0 Å². The fourth-order valence-corrected chi connectivity index (χ4v) is 5.41. The van der Waals surface area contributed by atoms with Crippen LogP contribution in [0, 0.1) is 0 Å². The van der Waals surface area contributed by atoms with Gasteiger partial charge in [-0.05, 0) is 58.7 Å². The first-order valence-corrected chi connectivity index (χ1v) is 10.6. The first-order chi connectivity index (χ1) is 13.2. The molecule has 1 aromatic heterocycles. The zero-order chi connectivity index (χ0) is 18.4. The Kier molecular flexibility index (Phi) is 4.28. The summed E-state index contributed by atoms with van der Waals surface area (Å²) >= 11 is 11.5. The van der Waals surface area contributed by atoms with Crippen LogP contribution in [0.4, 0.5) is 0 Å². The number of fused-ring (bicyclic) bond motifs is 3. The molecule has 0 aliphatic heterocycles. The first kappa shape index (κ1) is 17.0. The highest BCUT2D eigenvalue weighted by molar-refractivity contribution is 9.10. The van der Waals surface area contributed by atoms with Crippen molar-refractivity contribution in [1.82, 2.24) is 0 Å². The van der Waals surface area contributed by atoms with E-state index in [-0.39, 0.29) is 0 Å². The van der Waals surface area contributed by atoms with Gasteiger partial charge in [0.1, 0.15) is 0 Å². The smallest absolute Gasteiger partial charge is 0.0406 e. The maximum Gasteiger partial charge on any atom is 0.0406 e. The van der Waals surface area contributed by atoms with Crippen LogP contribution in [-0.2, 0) is 0 Å². The van der Waals surface area contributed by atoms with E-state index in [2.05, 4.69) is 88.7 Å². The lowest BCUT2D eigenvalue weighted by Crippen LogP contribution is -1.81. The minimum absolute atomic E-state index is 0.762. The molecule has 27 heavy (non-hydrogen) atoms. The van der Waals surface area contributed by atoms with Gasteiger partial charge in [-0.2, -0.15) is 0 Å². The van der Waals surface area contributed by atoms with Crippen molar-refractivity contribution in [3.63, 3.8) is 0 Å². The molecule has 4 aromatic carbocycles. The van der Waals surface area contributed by atoms with Crippen LogP contribution in [-0.4, -0.2) is 0 Å². The van der Waals surface area contributed by atoms with Gasteiger partial charge in [0.2, 0.25) is 0 Å². The zero-order valence-electron chi connectivity index (χ0n) is 14.2. The molecule has 0 aliphatic carbocycles. The Labute approximate surface area is 175 Å².